The lowest BCUT2D eigenvalue weighted by molar-refractivity contribution is 0.243. The van der Waals surface area contributed by atoms with Crippen LogP contribution in [-0.2, 0) is 0 Å². The van der Waals surface area contributed by atoms with Crippen molar-refractivity contribution < 1.29 is 4.74 Å². The Balaban J connectivity index is 2.19. The summed E-state index contributed by atoms with van der Waals surface area (Å²) in [5.41, 5.74) is 1.11. The number of benzene rings is 1. The minimum Gasteiger partial charge on any atom is -0.494 e. The van der Waals surface area contributed by atoms with E-state index in [9.17, 15) is 0 Å². The predicted octanol–water partition coefficient (Wildman–Crippen LogP) is 5.39. The van der Waals surface area contributed by atoms with Gasteiger partial charge in [0.2, 0.25) is 0 Å². The molecule has 0 amide bonds. The summed E-state index contributed by atoms with van der Waals surface area (Å²) in [6, 6.07) is 8.12. The number of hydrogen-bond acceptors (Lipinski definition) is 2. The van der Waals surface area contributed by atoms with Crippen LogP contribution in [0.4, 0.5) is 0 Å². The van der Waals surface area contributed by atoms with Crippen LogP contribution in [0.3, 0.4) is 0 Å². The van der Waals surface area contributed by atoms with E-state index in [1.165, 1.54) is 51.7 Å². The minimum atomic E-state index is 0.802. The maximum Gasteiger partial charge on any atom is 0.119 e. The summed E-state index contributed by atoms with van der Waals surface area (Å²) in [7, 11) is 0. The molecule has 0 saturated heterocycles. The average molecular weight is 303 g/mol. The van der Waals surface area contributed by atoms with Crippen LogP contribution in [0.1, 0.15) is 57.9 Å². The fraction of sp³-hybridized carbons (Fsp3) is 0.600. The Hall–Kier alpha value is -1.28. The molecule has 1 rings (SSSR count). The zero-order chi connectivity index (χ0) is 16.0. The van der Waals surface area contributed by atoms with Crippen molar-refractivity contribution in [3.63, 3.8) is 0 Å². The van der Waals surface area contributed by atoms with Crippen molar-refractivity contribution in [3.05, 3.63) is 36.4 Å². The Bertz CT molecular complexity index is 394. The molecule has 0 unspecified atom stereocenters. The highest BCUT2D eigenvalue weighted by Gasteiger charge is 2.03. The summed E-state index contributed by atoms with van der Waals surface area (Å²) in [6.45, 7) is 12.8. The Morgan fingerprint density at radius 1 is 1.00 bits per heavy atom. The highest BCUT2D eigenvalue weighted by molar-refractivity contribution is 5.49. The minimum absolute atomic E-state index is 0.802. The van der Waals surface area contributed by atoms with E-state index in [-0.39, 0.29) is 0 Å². The molecule has 1 aromatic carbocycles. The number of rotatable bonds is 13. The van der Waals surface area contributed by atoms with Gasteiger partial charge in [0.1, 0.15) is 5.75 Å². The summed E-state index contributed by atoms with van der Waals surface area (Å²) in [4.78, 5) is 2.62. The van der Waals surface area contributed by atoms with Crippen molar-refractivity contribution in [2.45, 2.75) is 52.4 Å². The molecule has 1 aromatic rings. The van der Waals surface area contributed by atoms with Crippen molar-refractivity contribution in [2.75, 3.05) is 26.2 Å². The molecule has 2 heteroatoms. The molecule has 0 aliphatic carbocycles. The lowest BCUT2D eigenvalue weighted by atomic mass is 10.2. The van der Waals surface area contributed by atoms with E-state index >= 15 is 0 Å². The van der Waals surface area contributed by atoms with Crippen LogP contribution >= 0.6 is 0 Å². The lowest BCUT2D eigenvalue weighted by Gasteiger charge is -2.21. The summed E-state index contributed by atoms with van der Waals surface area (Å²) < 4.78 is 5.83. The van der Waals surface area contributed by atoms with E-state index in [1.54, 1.807) is 0 Å². The summed E-state index contributed by atoms with van der Waals surface area (Å²) in [6.07, 6.45) is 9.38. The SMILES string of the molecule is C=Cc1cccc(OCCCCN(CCCC)CCCC)c1. The van der Waals surface area contributed by atoms with Crippen LogP contribution in [0.25, 0.3) is 6.08 Å². The van der Waals surface area contributed by atoms with E-state index in [0.29, 0.717) is 0 Å². The van der Waals surface area contributed by atoms with Gasteiger partial charge in [0, 0.05) is 0 Å². The largest absolute Gasteiger partial charge is 0.494 e. The van der Waals surface area contributed by atoms with Gasteiger partial charge in [0.05, 0.1) is 6.61 Å². The highest BCUT2D eigenvalue weighted by atomic mass is 16.5. The number of hydrogen-bond donors (Lipinski definition) is 0. The zero-order valence-corrected chi connectivity index (χ0v) is 14.5. The number of nitrogens with zero attached hydrogens (tertiary/aromatic N) is 1. The second kappa shape index (κ2) is 12.3. The Kier molecular flexibility index (Phi) is 10.5. The molecule has 124 valence electrons. The maximum atomic E-state index is 5.83. The Morgan fingerprint density at radius 2 is 1.68 bits per heavy atom. The number of ether oxygens (including phenoxy) is 1. The van der Waals surface area contributed by atoms with Crippen LogP contribution in [-0.4, -0.2) is 31.1 Å². The lowest BCUT2D eigenvalue weighted by Crippen LogP contribution is -2.27. The van der Waals surface area contributed by atoms with Gasteiger partial charge in [0.15, 0.2) is 0 Å². The highest BCUT2D eigenvalue weighted by Crippen LogP contribution is 2.14. The van der Waals surface area contributed by atoms with E-state index in [0.717, 1.165) is 24.3 Å². The third-order valence-corrected chi connectivity index (χ3v) is 3.89. The van der Waals surface area contributed by atoms with Gasteiger partial charge < -0.3 is 9.64 Å². The van der Waals surface area contributed by atoms with Crippen molar-refractivity contribution in [2.24, 2.45) is 0 Å². The van der Waals surface area contributed by atoms with Gasteiger partial charge in [-0.15, -0.1) is 0 Å². The second-order valence-corrected chi connectivity index (χ2v) is 5.88. The van der Waals surface area contributed by atoms with E-state index in [1.807, 2.05) is 30.3 Å². The maximum absolute atomic E-state index is 5.83. The summed E-state index contributed by atoms with van der Waals surface area (Å²) in [5, 5.41) is 0. The normalized spacial score (nSPS) is 10.9. The molecule has 0 aromatic heterocycles. The first kappa shape index (κ1) is 18.8. The molecule has 0 fully saturated rings. The molecule has 0 radical (unpaired) electrons. The van der Waals surface area contributed by atoms with Crippen LogP contribution < -0.4 is 4.74 Å². The van der Waals surface area contributed by atoms with E-state index in [2.05, 4.69) is 25.3 Å². The fourth-order valence-corrected chi connectivity index (χ4v) is 2.46. The molecular weight excluding hydrogens is 270 g/mol. The van der Waals surface area contributed by atoms with Crippen molar-refractivity contribution >= 4 is 6.08 Å². The molecular formula is C20H33NO. The molecule has 0 N–H and O–H groups in total. The Morgan fingerprint density at radius 3 is 2.32 bits per heavy atom. The van der Waals surface area contributed by atoms with Gasteiger partial charge in [-0.05, 0) is 63.0 Å². The smallest absolute Gasteiger partial charge is 0.119 e. The van der Waals surface area contributed by atoms with E-state index < -0.39 is 0 Å². The van der Waals surface area contributed by atoms with Gasteiger partial charge in [-0.3, -0.25) is 0 Å². The Labute approximate surface area is 137 Å². The average Bonchev–Trinajstić information content (AvgIpc) is 2.56. The van der Waals surface area contributed by atoms with Crippen molar-refractivity contribution in [1.82, 2.24) is 4.90 Å². The predicted molar refractivity (Wildman–Crippen MR) is 97.5 cm³/mol. The van der Waals surface area contributed by atoms with Crippen molar-refractivity contribution in [3.8, 4) is 5.75 Å². The molecule has 0 saturated carbocycles. The molecule has 0 heterocycles. The number of unbranched alkanes of at least 4 members (excludes halogenated alkanes) is 3. The van der Waals surface area contributed by atoms with Gasteiger partial charge >= 0.3 is 0 Å². The molecule has 2 nitrogen and oxygen atoms in total. The molecule has 0 aliphatic rings. The fourth-order valence-electron chi connectivity index (χ4n) is 2.46. The summed E-state index contributed by atoms with van der Waals surface area (Å²) in [5.74, 6) is 0.950. The molecule has 0 atom stereocenters. The van der Waals surface area contributed by atoms with Gasteiger partial charge in [-0.2, -0.15) is 0 Å². The molecule has 0 bridgehead atoms. The zero-order valence-electron chi connectivity index (χ0n) is 14.5. The first-order valence-corrected chi connectivity index (χ1v) is 8.87. The molecule has 0 aliphatic heterocycles. The van der Waals surface area contributed by atoms with Gasteiger partial charge in [-0.1, -0.05) is 51.5 Å². The quantitative estimate of drug-likeness (QED) is 0.453. The van der Waals surface area contributed by atoms with Gasteiger partial charge in [-0.25, -0.2) is 0 Å². The first-order valence-electron chi connectivity index (χ1n) is 8.87. The van der Waals surface area contributed by atoms with Crippen LogP contribution in [0.5, 0.6) is 5.75 Å². The third-order valence-electron chi connectivity index (χ3n) is 3.89. The second-order valence-electron chi connectivity index (χ2n) is 5.88. The molecule has 0 spiro atoms. The van der Waals surface area contributed by atoms with Crippen molar-refractivity contribution in [1.29, 1.82) is 0 Å². The molecule has 22 heavy (non-hydrogen) atoms. The topological polar surface area (TPSA) is 12.5 Å². The van der Waals surface area contributed by atoms with Crippen LogP contribution in [0.2, 0.25) is 0 Å². The third kappa shape index (κ3) is 8.23. The summed E-state index contributed by atoms with van der Waals surface area (Å²) >= 11 is 0. The monoisotopic (exact) mass is 303 g/mol. The van der Waals surface area contributed by atoms with Crippen LogP contribution in [0.15, 0.2) is 30.8 Å². The van der Waals surface area contributed by atoms with Crippen LogP contribution in [0, 0.1) is 0 Å². The van der Waals surface area contributed by atoms with E-state index in [4.69, 9.17) is 4.74 Å². The standard InChI is InChI=1S/C20H33NO/c1-4-7-14-21(15-8-5-2)16-9-10-17-22-20-13-11-12-19(6-3)18-20/h6,11-13,18H,3-5,7-10,14-17H2,1-2H3. The first-order chi connectivity index (χ1) is 10.8. The van der Waals surface area contributed by atoms with Gasteiger partial charge in [0.25, 0.3) is 0 Å².